The van der Waals surface area contributed by atoms with E-state index in [0.29, 0.717) is 18.9 Å². The van der Waals surface area contributed by atoms with Crippen molar-refractivity contribution in [1.82, 2.24) is 5.32 Å². The number of carbonyl (C=O) groups excluding carboxylic acids is 2. The molecule has 0 aromatic heterocycles. The lowest BCUT2D eigenvalue weighted by Crippen LogP contribution is -2.46. The van der Waals surface area contributed by atoms with E-state index in [4.69, 9.17) is 9.47 Å². The zero-order valence-corrected chi connectivity index (χ0v) is 10.1. The quantitative estimate of drug-likeness (QED) is 0.717. The fourth-order valence-corrected chi connectivity index (χ4v) is 2.09. The lowest BCUT2D eigenvalue weighted by Gasteiger charge is -2.18. The van der Waals surface area contributed by atoms with E-state index in [-0.39, 0.29) is 18.0 Å². The van der Waals surface area contributed by atoms with Crippen molar-refractivity contribution in [1.29, 1.82) is 0 Å². The molecule has 17 heavy (non-hydrogen) atoms. The molecule has 0 aromatic rings. The number of esters is 1. The number of ether oxygens (including phenoxy) is 2. The summed E-state index contributed by atoms with van der Waals surface area (Å²) in [6, 6.07) is -0.510. The van der Waals surface area contributed by atoms with E-state index in [9.17, 15) is 9.59 Å². The smallest absolute Gasteiger partial charge is 0.328 e. The average Bonchev–Trinajstić information content (AvgIpc) is 2.97. The second-order valence-corrected chi connectivity index (χ2v) is 4.77. The van der Waals surface area contributed by atoms with Gasteiger partial charge in [0.05, 0.1) is 7.11 Å². The van der Waals surface area contributed by atoms with Crippen molar-refractivity contribution in [2.75, 3.05) is 13.7 Å². The highest BCUT2D eigenvalue weighted by atomic mass is 16.5. The Bertz CT molecular complexity index is 295. The predicted octanol–water partition coefficient (Wildman–Crippen LogP) is 0.623. The highest BCUT2D eigenvalue weighted by molar-refractivity contribution is 5.87. The SMILES string of the molecule is COC(=O)[C@H](CC1CC1)NC(=O)[C@H]1CCCO1. The van der Waals surface area contributed by atoms with Crippen molar-refractivity contribution in [2.24, 2.45) is 5.92 Å². The second-order valence-electron chi connectivity index (χ2n) is 4.77. The molecule has 96 valence electrons. The van der Waals surface area contributed by atoms with Crippen LogP contribution in [0.1, 0.15) is 32.1 Å². The molecule has 2 atom stereocenters. The molecule has 1 N–H and O–H groups in total. The van der Waals surface area contributed by atoms with E-state index in [0.717, 1.165) is 25.7 Å². The first-order valence-corrected chi connectivity index (χ1v) is 6.20. The van der Waals surface area contributed by atoms with Gasteiger partial charge in [0, 0.05) is 6.61 Å². The molecule has 1 heterocycles. The van der Waals surface area contributed by atoms with Gasteiger partial charge in [-0.15, -0.1) is 0 Å². The minimum atomic E-state index is -0.510. The van der Waals surface area contributed by atoms with Gasteiger partial charge in [0.2, 0.25) is 5.91 Å². The Morgan fingerprint density at radius 3 is 2.71 bits per heavy atom. The van der Waals surface area contributed by atoms with Gasteiger partial charge in [-0.2, -0.15) is 0 Å². The summed E-state index contributed by atoms with van der Waals surface area (Å²) in [5.41, 5.74) is 0. The highest BCUT2D eigenvalue weighted by Gasteiger charge is 2.33. The summed E-state index contributed by atoms with van der Waals surface area (Å²) in [6.45, 7) is 0.629. The van der Waals surface area contributed by atoms with Crippen molar-refractivity contribution in [3.63, 3.8) is 0 Å². The Labute approximate surface area is 101 Å². The number of nitrogens with one attached hydrogen (secondary N) is 1. The summed E-state index contributed by atoms with van der Waals surface area (Å²) >= 11 is 0. The van der Waals surface area contributed by atoms with Crippen LogP contribution in [-0.4, -0.2) is 37.7 Å². The van der Waals surface area contributed by atoms with Crippen LogP contribution in [0.2, 0.25) is 0 Å². The molecule has 1 saturated carbocycles. The lowest BCUT2D eigenvalue weighted by atomic mass is 10.1. The molecule has 0 unspecified atom stereocenters. The van der Waals surface area contributed by atoms with E-state index in [2.05, 4.69) is 5.32 Å². The normalized spacial score (nSPS) is 25.4. The summed E-state index contributed by atoms with van der Waals surface area (Å²) in [5, 5.41) is 2.74. The molecule has 5 nitrogen and oxygen atoms in total. The van der Waals surface area contributed by atoms with Gasteiger partial charge in [-0.1, -0.05) is 12.8 Å². The van der Waals surface area contributed by atoms with E-state index in [1.54, 1.807) is 0 Å². The van der Waals surface area contributed by atoms with E-state index >= 15 is 0 Å². The summed E-state index contributed by atoms with van der Waals surface area (Å²) in [6.07, 6.45) is 4.23. The maximum atomic E-state index is 11.8. The van der Waals surface area contributed by atoms with Crippen LogP contribution in [-0.2, 0) is 19.1 Å². The fourth-order valence-electron chi connectivity index (χ4n) is 2.09. The van der Waals surface area contributed by atoms with E-state index in [1.807, 2.05) is 0 Å². The standard InChI is InChI=1S/C12H19NO4/c1-16-12(15)9(7-8-4-5-8)13-11(14)10-3-2-6-17-10/h8-10H,2-7H2,1H3,(H,13,14)/t9-,10+/m0/s1. The molecular weight excluding hydrogens is 222 g/mol. The van der Waals surface area contributed by atoms with Gasteiger partial charge in [0.15, 0.2) is 0 Å². The summed E-state index contributed by atoms with van der Waals surface area (Å²) in [5.74, 6) is 0.0192. The van der Waals surface area contributed by atoms with Gasteiger partial charge in [-0.3, -0.25) is 4.79 Å². The molecule has 0 spiro atoms. The molecular formula is C12H19NO4. The zero-order chi connectivity index (χ0) is 12.3. The van der Waals surface area contributed by atoms with Crippen LogP contribution in [0.25, 0.3) is 0 Å². The molecule has 2 aliphatic rings. The van der Waals surface area contributed by atoms with Crippen LogP contribution in [0, 0.1) is 5.92 Å². The third-order valence-corrected chi connectivity index (χ3v) is 3.29. The number of amides is 1. The van der Waals surface area contributed by atoms with Gasteiger partial charge in [0.25, 0.3) is 0 Å². The summed E-state index contributed by atoms with van der Waals surface area (Å²) in [7, 11) is 1.35. The zero-order valence-electron chi connectivity index (χ0n) is 10.1. The second kappa shape index (κ2) is 5.49. The van der Waals surface area contributed by atoms with E-state index in [1.165, 1.54) is 7.11 Å². The number of rotatable bonds is 5. The van der Waals surface area contributed by atoms with E-state index < -0.39 is 6.04 Å². The first-order valence-electron chi connectivity index (χ1n) is 6.20. The molecule has 2 fully saturated rings. The molecule has 2 rings (SSSR count). The molecule has 0 aromatic carbocycles. The highest BCUT2D eigenvalue weighted by Crippen LogP contribution is 2.33. The molecule has 0 radical (unpaired) electrons. The van der Waals surface area contributed by atoms with Crippen molar-refractivity contribution < 1.29 is 19.1 Å². The molecule has 1 saturated heterocycles. The lowest BCUT2D eigenvalue weighted by molar-refractivity contribution is -0.146. The topological polar surface area (TPSA) is 64.6 Å². The first-order chi connectivity index (χ1) is 8.20. The van der Waals surface area contributed by atoms with Crippen molar-refractivity contribution in [2.45, 2.75) is 44.2 Å². The number of carbonyl (C=O) groups is 2. The third-order valence-electron chi connectivity index (χ3n) is 3.29. The first kappa shape index (κ1) is 12.4. The van der Waals surface area contributed by atoms with Crippen molar-refractivity contribution >= 4 is 11.9 Å². The van der Waals surface area contributed by atoms with Crippen LogP contribution in [0.3, 0.4) is 0 Å². The number of methoxy groups -OCH3 is 1. The van der Waals surface area contributed by atoms with Crippen LogP contribution >= 0.6 is 0 Å². The molecule has 1 aliphatic heterocycles. The summed E-state index contributed by atoms with van der Waals surface area (Å²) in [4.78, 5) is 23.4. The maximum absolute atomic E-state index is 11.8. The van der Waals surface area contributed by atoms with Crippen molar-refractivity contribution in [3.8, 4) is 0 Å². The Hall–Kier alpha value is -1.10. The van der Waals surface area contributed by atoms with Gasteiger partial charge in [-0.05, 0) is 25.2 Å². The largest absolute Gasteiger partial charge is 0.467 e. The van der Waals surface area contributed by atoms with Crippen LogP contribution in [0.15, 0.2) is 0 Å². The monoisotopic (exact) mass is 241 g/mol. The predicted molar refractivity (Wildman–Crippen MR) is 60.3 cm³/mol. The maximum Gasteiger partial charge on any atom is 0.328 e. The van der Waals surface area contributed by atoms with Gasteiger partial charge >= 0.3 is 5.97 Å². The molecule has 1 aliphatic carbocycles. The van der Waals surface area contributed by atoms with Crippen molar-refractivity contribution in [3.05, 3.63) is 0 Å². The van der Waals surface area contributed by atoms with Gasteiger partial charge in [-0.25, -0.2) is 4.79 Å². The summed E-state index contributed by atoms with van der Waals surface area (Å²) < 4.78 is 10.00. The molecule has 0 bridgehead atoms. The third kappa shape index (κ3) is 3.43. The van der Waals surface area contributed by atoms with Crippen LogP contribution in [0.5, 0.6) is 0 Å². The minimum Gasteiger partial charge on any atom is -0.467 e. The average molecular weight is 241 g/mol. The van der Waals surface area contributed by atoms with Crippen LogP contribution < -0.4 is 5.32 Å². The Kier molecular flexibility index (Phi) is 3.99. The number of hydrogen-bond donors (Lipinski definition) is 1. The Balaban J connectivity index is 1.86. The van der Waals surface area contributed by atoms with Gasteiger partial charge < -0.3 is 14.8 Å². The molecule has 1 amide bonds. The Morgan fingerprint density at radius 2 is 2.18 bits per heavy atom. The molecule has 5 heteroatoms. The van der Waals surface area contributed by atoms with Gasteiger partial charge in [0.1, 0.15) is 12.1 Å². The Morgan fingerprint density at radius 1 is 1.41 bits per heavy atom. The number of hydrogen-bond acceptors (Lipinski definition) is 4. The fraction of sp³-hybridized carbons (Fsp3) is 0.833. The van der Waals surface area contributed by atoms with Crippen LogP contribution in [0.4, 0.5) is 0 Å². The minimum absolute atomic E-state index is 0.182.